The minimum Gasteiger partial charge on any atom is -0.495 e. The van der Waals surface area contributed by atoms with Crippen LogP contribution in [0.4, 0.5) is 0 Å². The van der Waals surface area contributed by atoms with Gasteiger partial charge in [-0.2, -0.15) is 0 Å². The third-order valence-corrected chi connectivity index (χ3v) is 6.33. The van der Waals surface area contributed by atoms with Crippen LogP contribution in [0.15, 0.2) is 23.1 Å². The van der Waals surface area contributed by atoms with Crippen LogP contribution in [0.2, 0.25) is 0 Å². The maximum Gasteiger partial charge on any atom is 0.244 e. The van der Waals surface area contributed by atoms with Crippen molar-refractivity contribution in [3.63, 3.8) is 0 Å². The van der Waals surface area contributed by atoms with Crippen LogP contribution >= 0.6 is 0 Å². The maximum atomic E-state index is 12.6. The van der Waals surface area contributed by atoms with E-state index in [-0.39, 0.29) is 10.9 Å². The van der Waals surface area contributed by atoms with E-state index >= 15 is 0 Å². The summed E-state index contributed by atoms with van der Waals surface area (Å²) in [5, 5.41) is 0. The van der Waals surface area contributed by atoms with E-state index in [1.165, 1.54) is 13.5 Å². The molecule has 2 fully saturated rings. The smallest absolute Gasteiger partial charge is 0.244 e. The zero-order valence-electron chi connectivity index (χ0n) is 12.2. The molecule has 2 aliphatic carbocycles. The van der Waals surface area contributed by atoms with Crippen molar-refractivity contribution in [2.45, 2.75) is 43.2 Å². The summed E-state index contributed by atoms with van der Waals surface area (Å²) >= 11 is 0. The standard InChI is InChI=1S/C15H22N2O3S/c1-20-14-8-11(9-16)3-5-15(14)21(18,19)17-13-7-10-2-4-12(13)6-10/h3,5,8,10,12-13,17H,2,4,6-7,9,16H2,1H3. The molecule has 2 bridgehead atoms. The molecule has 0 aliphatic heterocycles. The number of hydrogen-bond donors (Lipinski definition) is 2. The van der Waals surface area contributed by atoms with Gasteiger partial charge in [0.25, 0.3) is 0 Å². The lowest BCUT2D eigenvalue weighted by molar-refractivity contribution is 0.385. The van der Waals surface area contributed by atoms with E-state index in [0.717, 1.165) is 24.8 Å². The van der Waals surface area contributed by atoms with E-state index in [0.29, 0.717) is 24.1 Å². The zero-order chi connectivity index (χ0) is 15.0. The van der Waals surface area contributed by atoms with Crippen molar-refractivity contribution in [3.8, 4) is 5.75 Å². The fourth-order valence-electron chi connectivity index (χ4n) is 3.71. The van der Waals surface area contributed by atoms with Crippen molar-refractivity contribution in [2.24, 2.45) is 17.6 Å². The molecule has 0 heterocycles. The molecule has 5 nitrogen and oxygen atoms in total. The molecule has 21 heavy (non-hydrogen) atoms. The second-order valence-electron chi connectivity index (χ2n) is 6.09. The van der Waals surface area contributed by atoms with Crippen molar-refractivity contribution in [2.75, 3.05) is 7.11 Å². The number of nitrogens with one attached hydrogen (secondary N) is 1. The number of sulfonamides is 1. The van der Waals surface area contributed by atoms with Gasteiger partial charge in [0.2, 0.25) is 10.0 Å². The number of ether oxygens (including phenoxy) is 1. The number of methoxy groups -OCH3 is 1. The lowest BCUT2D eigenvalue weighted by Crippen LogP contribution is -2.38. The van der Waals surface area contributed by atoms with Crippen LogP contribution < -0.4 is 15.2 Å². The van der Waals surface area contributed by atoms with E-state index in [1.807, 2.05) is 0 Å². The topological polar surface area (TPSA) is 81.4 Å². The SMILES string of the molecule is COc1cc(CN)ccc1S(=O)(=O)NC1CC2CCC1C2. The van der Waals surface area contributed by atoms with Crippen LogP contribution in [0.3, 0.4) is 0 Å². The predicted octanol–water partition coefficient (Wildman–Crippen LogP) is 1.62. The molecule has 0 amide bonds. The Morgan fingerprint density at radius 1 is 1.33 bits per heavy atom. The third kappa shape index (κ3) is 2.80. The van der Waals surface area contributed by atoms with Gasteiger partial charge < -0.3 is 10.5 Å². The first kappa shape index (κ1) is 14.8. The number of nitrogens with two attached hydrogens (primary N) is 1. The lowest BCUT2D eigenvalue weighted by atomic mass is 9.96. The van der Waals surface area contributed by atoms with E-state index in [2.05, 4.69) is 4.72 Å². The highest BCUT2D eigenvalue weighted by atomic mass is 32.2. The molecule has 1 aromatic rings. The molecule has 0 aromatic heterocycles. The fraction of sp³-hybridized carbons (Fsp3) is 0.600. The van der Waals surface area contributed by atoms with Gasteiger partial charge in [0, 0.05) is 12.6 Å². The molecule has 3 atom stereocenters. The van der Waals surface area contributed by atoms with E-state index in [4.69, 9.17) is 10.5 Å². The van der Waals surface area contributed by atoms with Crippen LogP contribution in [0, 0.1) is 11.8 Å². The minimum absolute atomic E-state index is 0.0765. The average Bonchev–Trinajstić information content (AvgIpc) is 3.08. The summed E-state index contributed by atoms with van der Waals surface area (Å²) in [5.41, 5.74) is 6.44. The molecule has 3 unspecified atom stereocenters. The Kier molecular flexibility index (Phi) is 3.94. The van der Waals surface area contributed by atoms with E-state index in [1.54, 1.807) is 18.2 Å². The molecule has 2 saturated carbocycles. The van der Waals surface area contributed by atoms with Gasteiger partial charge in [0.15, 0.2) is 0 Å². The van der Waals surface area contributed by atoms with Crippen molar-refractivity contribution in [3.05, 3.63) is 23.8 Å². The fourth-order valence-corrected chi connectivity index (χ4v) is 5.18. The minimum atomic E-state index is -3.55. The Balaban J connectivity index is 1.84. The molecule has 2 aliphatic rings. The molecule has 0 radical (unpaired) electrons. The van der Waals surface area contributed by atoms with Crippen molar-refractivity contribution in [1.29, 1.82) is 0 Å². The number of rotatable bonds is 5. The van der Waals surface area contributed by atoms with Gasteiger partial charge in [0.05, 0.1) is 7.11 Å². The van der Waals surface area contributed by atoms with Crippen LogP contribution in [0.1, 0.15) is 31.2 Å². The summed E-state index contributed by atoms with van der Waals surface area (Å²) in [4.78, 5) is 0.199. The molecule has 1 aromatic carbocycles. The van der Waals surface area contributed by atoms with Gasteiger partial charge in [-0.15, -0.1) is 0 Å². The Labute approximate surface area is 125 Å². The van der Waals surface area contributed by atoms with Gasteiger partial charge in [0.1, 0.15) is 10.6 Å². The predicted molar refractivity (Wildman–Crippen MR) is 80.4 cm³/mol. The van der Waals surface area contributed by atoms with Crippen LogP contribution in [-0.2, 0) is 16.6 Å². The molecule has 3 N–H and O–H groups in total. The Bertz CT molecular complexity index is 630. The van der Waals surface area contributed by atoms with Crippen LogP contribution in [0.5, 0.6) is 5.75 Å². The summed E-state index contributed by atoms with van der Waals surface area (Å²) in [6.45, 7) is 0.358. The lowest BCUT2D eigenvalue weighted by Gasteiger charge is -2.23. The molecular weight excluding hydrogens is 288 g/mol. The molecular formula is C15H22N2O3S. The van der Waals surface area contributed by atoms with E-state index < -0.39 is 10.0 Å². The summed E-state index contributed by atoms with van der Waals surface area (Å²) in [5.74, 6) is 1.55. The van der Waals surface area contributed by atoms with Crippen LogP contribution in [0.25, 0.3) is 0 Å². The zero-order valence-corrected chi connectivity index (χ0v) is 13.0. The first-order valence-electron chi connectivity index (χ1n) is 7.43. The highest BCUT2D eigenvalue weighted by Crippen LogP contribution is 2.45. The molecule has 0 saturated heterocycles. The second-order valence-corrected chi connectivity index (χ2v) is 7.77. The van der Waals surface area contributed by atoms with Crippen LogP contribution in [-0.4, -0.2) is 21.6 Å². The highest BCUT2D eigenvalue weighted by Gasteiger charge is 2.41. The monoisotopic (exact) mass is 310 g/mol. The quantitative estimate of drug-likeness (QED) is 0.866. The van der Waals surface area contributed by atoms with Crippen molar-refractivity contribution < 1.29 is 13.2 Å². The largest absolute Gasteiger partial charge is 0.495 e. The first-order chi connectivity index (χ1) is 10.0. The normalized spacial score (nSPS) is 28.0. The van der Waals surface area contributed by atoms with E-state index in [9.17, 15) is 8.42 Å². The average molecular weight is 310 g/mol. The van der Waals surface area contributed by atoms with Gasteiger partial charge in [-0.25, -0.2) is 13.1 Å². The Morgan fingerprint density at radius 3 is 2.71 bits per heavy atom. The number of hydrogen-bond acceptors (Lipinski definition) is 4. The van der Waals surface area contributed by atoms with Gasteiger partial charge in [-0.05, 0) is 48.8 Å². The molecule has 0 spiro atoms. The van der Waals surface area contributed by atoms with Gasteiger partial charge in [-0.3, -0.25) is 0 Å². The number of benzene rings is 1. The highest BCUT2D eigenvalue weighted by molar-refractivity contribution is 7.89. The molecule has 3 rings (SSSR count). The van der Waals surface area contributed by atoms with Crippen molar-refractivity contribution in [1.82, 2.24) is 4.72 Å². The first-order valence-corrected chi connectivity index (χ1v) is 8.91. The van der Waals surface area contributed by atoms with Gasteiger partial charge in [-0.1, -0.05) is 12.5 Å². The summed E-state index contributed by atoms with van der Waals surface area (Å²) < 4.78 is 33.3. The molecule has 116 valence electrons. The van der Waals surface area contributed by atoms with Gasteiger partial charge >= 0.3 is 0 Å². The summed E-state index contributed by atoms with van der Waals surface area (Å²) in [6.07, 6.45) is 4.52. The second kappa shape index (κ2) is 5.59. The van der Waals surface area contributed by atoms with Crippen molar-refractivity contribution >= 4 is 10.0 Å². The Morgan fingerprint density at radius 2 is 2.14 bits per heavy atom. The summed E-state index contributed by atoms with van der Waals surface area (Å²) in [6, 6.07) is 5.08. The maximum absolute atomic E-state index is 12.6. The number of fused-ring (bicyclic) bond motifs is 2. The summed E-state index contributed by atoms with van der Waals surface area (Å²) in [7, 11) is -2.07. The third-order valence-electron chi connectivity index (χ3n) is 4.80. The Hall–Kier alpha value is -1.11. The molecule has 6 heteroatoms.